The second kappa shape index (κ2) is 8.15. The van der Waals surface area contributed by atoms with Crippen LogP contribution in [0.4, 0.5) is 11.4 Å². The number of aromatic nitrogens is 4. The van der Waals surface area contributed by atoms with Gasteiger partial charge >= 0.3 is 5.97 Å². The van der Waals surface area contributed by atoms with Crippen molar-refractivity contribution in [3.8, 4) is 17.0 Å². The van der Waals surface area contributed by atoms with Crippen LogP contribution < -0.4 is 15.4 Å². The van der Waals surface area contributed by atoms with Crippen molar-refractivity contribution in [3.05, 3.63) is 46.9 Å². The molecule has 0 unspecified atom stereocenters. The van der Waals surface area contributed by atoms with Gasteiger partial charge < -0.3 is 20.5 Å². The van der Waals surface area contributed by atoms with Gasteiger partial charge in [-0.15, -0.1) is 10.2 Å². The molecule has 1 aromatic carbocycles. The Morgan fingerprint density at radius 2 is 2.07 bits per heavy atom. The van der Waals surface area contributed by atoms with Crippen LogP contribution in [0.1, 0.15) is 25.1 Å². The summed E-state index contributed by atoms with van der Waals surface area (Å²) in [5.74, 6) is -1.83. The number of carboxylic acid groups (broad SMARTS) is 1. The van der Waals surface area contributed by atoms with Crippen molar-refractivity contribution in [1.29, 1.82) is 0 Å². The van der Waals surface area contributed by atoms with E-state index in [1.165, 1.54) is 31.0 Å². The van der Waals surface area contributed by atoms with Crippen molar-refractivity contribution in [3.63, 3.8) is 0 Å². The highest BCUT2D eigenvalue weighted by molar-refractivity contribution is 6.29. The molecular formula is C18H17ClN6O4. The third-order valence-corrected chi connectivity index (χ3v) is 4.14. The number of halogens is 1. The normalized spacial score (nSPS) is 12.4. The van der Waals surface area contributed by atoms with Crippen LogP contribution in [0.25, 0.3) is 11.3 Å². The van der Waals surface area contributed by atoms with Gasteiger partial charge in [0.15, 0.2) is 16.6 Å². The number of hydrogen-bond acceptors (Lipinski definition) is 7. The molecule has 0 spiro atoms. The maximum atomic E-state index is 12.4. The van der Waals surface area contributed by atoms with Gasteiger partial charge in [0.2, 0.25) is 0 Å². The number of aromatic carboxylic acids is 1. The zero-order valence-corrected chi connectivity index (χ0v) is 16.0. The Kier molecular flexibility index (Phi) is 4.58. The molecule has 0 atom stereocenters. The largest absolute Gasteiger partial charge is 0.494 e. The van der Waals surface area contributed by atoms with E-state index in [9.17, 15) is 14.7 Å². The number of ether oxygens (including phenoxy) is 1. The summed E-state index contributed by atoms with van der Waals surface area (Å²) in [7, 11) is 2.91. The Balaban J connectivity index is 2.05. The Morgan fingerprint density at radius 1 is 1.28 bits per heavy atom. The SMILES string of the molecule is [2H]C([2H])([2H])NC(=O)c1nnc(Cl)cc1Nc1cccc(-c2cc(C(=O)O)n(C)n2)c1OC. The van der Waals surface area contributed by atoms with E-state index in [0.717, 1.165) is 0 Å². The van der Waals surface area contributed by atoms with Crippen LogP contribution in [0.2, 0.25) is 5.15 Å². The number of nitrogens with zero attached hydrogens (tertiary/aromatic N) is 4. The average Bonchev–Trinajstić information content (AvgIpc) is 3.08. The molecule has 0 fully saturated rings. The monoisotopic (exact) mass is 419 g/mol. The van der Waals surface area contributed by atoms with Crippen molar-refractivity contribution < 1.29 is 23.5 Å². The number of carbonyl (C=O) groups excluding carboxylic acids is 1. The first kappa shape index (κ1) is 16.3. The summed E-state index contributed by atoms with van der Waals surface area (Å²) in [4.78, 5) is 23.7. The quantitative estimate of drug-likeness (QED) is 0.554. The molecule has 3 rings (SSSR count). The Labute approximate surface area is 174 Å². The number of amides is 1. The summed E-state index contributed by atoms with van der Waals surface area (Å²) in [5.41, 5.74) is 0.936. The van der Waals surface area contributed by atoms with Gasteiger partial charge in [0.05, 0.1) is 24.2 Å². The molecule has 0 saturated heterocycles. The lowest BCUT2D eigenvalue weighted by atomic mass is 10.1. The Bertz CT molecular complexity index is 1200. The van der Waals surface area contributed by atoms with Crippen LogP contribution in [0.3, 0.4) is 0 Å². The summed E-state index contributed by atoms with van der Waals surface area (Å²) in [6.07, 6.45) is 0. The van der Waals surface area contributed by atoms with E-state index >= 15 is 0 Å². The third-order valence-electron chi connectivity index (χ3n) is 3.96. The van der Waals surface area contributed by atoms with E-state index in [1.54, 1.807) is 18.2 Å². The van der Waals surface area contributed by atoms with Gasteiger partial charge in [-0.1, -0.05) is 17.7 Å². The average molecular weight is 420 g/mol. The lowest BCUT2D eigenvalue weighted by Crippen LogP contribution is -2.21. The fraction of sp³-hybridized carbons (Fsp3) is 0.167. The predicted octanol–water partition coefficient (Wildman–Crippen LogP) is 2.34. The van der Waals surface area contributed by atoms with E-state index in [2.05, 4.69) is 20.6 Å². The number of rotatable bonds is 6. The van der Waals surface area contributed by atoms with Gasteiger partial charge in [-0.3, -0.25) is 9.48 Å². The number of para-hydroxylation sites is 1. The summed E-state index contributed by atoms with van der Waals surface area (Å²) in [6, 6.07) is 7.66. The molecule has 11 heteroatoms. The molecule has 2 aromatic heterocycles. The molecule has 10 nitrogen and oxygen atoms in total. The van der Waals surface area contributed by atoms with Crippen LogP contribution in [-0.4, -0.2) is 51.0 Å². The first-order chi connectivity index (χ1) is 15.0. The number of methoxy groups -OCH3 is 1. The molecule has 0 bridgehead atoms. The Morgan fingerprint density at radius 3 is 2.72 bits per heavy atom. The summed E-state index contributed by atoms with van der Waals surface area (Å²) < 4.78 is 28.4. The molecule has 2 heterocycles. The Hall–Kier alpha value is -3.66. The fourth-order valence-corrected chi connectivity index (χ4v) is 2.84. The molecule has 0 aliphatic heterocycles. The van der Waals surface area contributed by atoms with Gasteiger partial charge in [-0.25, -0.2) is 4.79 Å². The standard InChI is InChI=1S/C18H17ClN6O4/c1-20-17(26)15-12(8-14(19)22-23-15)21-10-6-4-5-9(16(10)29-3)11-7-13(18(27)28)25(2)24-11/h4-8H,1-3H3,(H,20,26)(H,21,22)(H,27,28)/i1D3. The van der Waals surface area contributed by atoms with Crippen molar-refractivity contribution in [2.45, 2.75) is 0 Å². The van der Waals surface area contributed by atoms with Gasteiger partial charge in [0.25, 0.3) is 5.91 Å². The van der Waals surface area contributed by atoms with Gasteiger partial charge in [-0.05, 0) is 18.2 Å². The van der Waals surface area contributed by atoms with Gasteiger partial charge in [0, 0.05) is 29.8 Å². The second-order valence-corrected chi connectivity index (χ2v) is 6.13. The van der Waals surface area contributed by atoms with E-state index in [-0.39, 0.29) is 28.0 Å². The minimum atomic E-state index is -2.73. The zero-order valence-electron chi connectivity index (χ0n) is 18.2. The zero-order chi connectivity index (χ0) is 23.6. The molecule has 3 N–H and O–H groups in total. The van der Waals surface area contributed by atoms with E-state index in [4.69, 9.17) is 20.5 Å². The van der Waals surface area contributed by atoms with Crippen molar-refractivity contribution >= 4 is 34.9 Å². The smallest absolute Gasteiger partial charge is 0.354 e. The second-order valence-electron chi connectivity index (χ2n) is 5.74. The fourth-order valence-electron chi connectivity index (χ4n) is 2.69. The lowest BCUT2D eigenvalue weighted by molar-refractivity contribution is 0.0684. The van der Waals surface area contributed by atoms with Crippen molar-refractivity contribution in [1.82, 2.24) is 25.3 Å². The molecule has 0 radical (unpaired) electrons. The summed E-state index contributed by atoms with van der Waals surface area (Å²) in [5, 5.41) is 25.6. The highest BCUT2D eigenvalue weighted by atomic mass is 35.5. The molecule has 29 heavy (non-hydrogen) atoms. The number of carbonyl (C=O) groups is 2. The number of carboxylic acids is 1. The van der Waals surface area contributed by atoms with E-state index in [0.29, 0.717) is 16.9 Å². The number of hydrogen-bond donors (Lipinski definition) is 3. The van der Waals surface area contributed by atoms with Crippen LogP contribution >= 0.6 is 11.6 Å². The first-order valence-electron chi connectivity index (χ1n) is 9.57. The maximum absolute atomic E-state index is 12.4. The molecule has 3 aromatic rings. The molecular weight excluding hydrogens is 400 g/mol. The van der Waals surface area contributed by atoms with E-state index in [1.807, 2.05) is 5.32 Å². The van der Waals surface area contributed by atoms with Crippen molar-refractivity contribution in [2.75, 3.05) is 19.4 Å². The number of nitrogens with one attached hydrogen (secondary N) is 2. The van der Waals surface area contributed by atoms with E-state index < -0.39 is 18.9 Å². The highest BCUT2D eigenvalue weighted by Crippen LogP contribution is 2.38. The summed E-state index contributed by atoms with van der Waals surface area (Å²) >= 11 is 5.92. The van der Waals surface area contributed by atoms with Crippen LogP contribution in [0, 0.1) is 0 Å². The maximum Gasteiger partial charge on any atom is 0.354 e. The molecule has 0 saturated carbocycles. The summed E-state index contributed by atoms with van der Waals surface area (Å²) in [6.45, 7) is -2.73. The topological polar surface area (TPSA) is 131 Å². The predicted molar refractivity (Wildman–Crippen MR) is 106 cm³/mol. The number of benzene rings is 1. The molecule has 150 valence electrons. The van der Waals surface area contributed by atoms with Crippen molar-refractivity contribution in [2.24, 2.45) is 7.05 Å². The van der Waals surface area contributed by atoms with Crippen LogP contribution in [0.15, 0.2) is 30.3 Å². The van der Waals surface area contributed by atoms with Gasteiger partial charge in [-0.2, -0.15) is 5.10 Å². The third kappa shape index (κ3) is 3.97. The number of anilines is 2. The minimum Gasteiger partial charge on any atom is -0.494 e. The lowest BCUT2D eigenvalue weighted by Gasteiger charge is -2.15. The first-order valence-corrected chi connectivity index (χ1v) is 8.45. The molecule has 0 aliphatic carbocycles. The van der Waals surface area contributed by atoms with Crippen LogP contribution in [-0.2, 0) is 7.05 Å². The molecule has 0 aliphatic rings. The highest BCUT2D eigenvalue weighted by Gasteiger charge is 2.20. The van der Waals surface area contributed by atoms with Crippen LogP contribution in [0.5, 0.6) is 5.75 Å². The van der Waals surface area contributed by atoms with Gasteiger partial charge in [0.1, 0.15) is 5.69 Å². The number of aryl methyl sites for hydroxylation is 1. The minimum absolute atomic E-state index is 0.0193. The molecule has 1 amide bonds.